The minimum absolute atomic E-state index is 0.276. The maximum Gasteiger partial charge on any atom is 0.412 e. The number of pyridine rings is 1. The average Bonchev–Trinajstić information content (AvgIpc) is 2.94. The highest BCUT2D eigenvalue weighted by Gasteiger charge is 2.22. The second kappa shape index (κ2) is 10.8. The first-order valence-electron chi connectivity index (χ1n) is 11.5. The molecule has 0 aliphatic carbocycles. The zero-order chi connectivity index (χ0) is 27.3. The van der Waals surface area contributed by atoms with Crippen LogP contribution in [-0.4, -0.2) is 44.3 Å². The molecule has 0 radical (unpaired) electrons. The quantitative estimate of drug-likeness (QED) is 0.382. The first-order valence-corrected chi connectivity index (χ1v) is 11.5. The number of rotatable bonds is 6. The summed E-state index contributed by atoms with van der Waals surface area (Å²) in [5.74, 6) is -0.0535. The van der Waals surface area contributed by atoms with E-state index in [2.05, 4.69) is 46.6 Å². The summed E-state index contributed by atoms with van der Waals surface area (Å²) >= 11 is 0. The number of nitrogens with one attached hydrogen (secondary N) is 2. The Hall–Kier alpha value is -5.24. The number of aromatic nitrogens is 5. The van der Waals surface area contributed by atoms with Crippen molar-refractivity contribution in [2.75, 3.05) is 17.7 Å². The Morgan fingerprint density at radius 2 is 1.82 bits per heavy atom. The van der Waals surface area contributed by atoms with Crippen molar-refractivity contribution in [2.45, 2.75) is 26.2 Å². The number of ether oxygens (including phenoxy) is 1. The van der Waals surface area contributed by atoms with Gasteiger partial charge in [-0.3, -0.25) is 15.1 Å². The Kier molecular flexibility index (Phi) is 7.34. The zero-order valence-corrected chi connectivity index (χ0v) is 21.2. The van der Waals surface area contributed by atoms with Crippen LogP contribution in [0.15, 0.2) is 61.2 Å². The smallest absolute Gasteiger partial charge is 0.412 e. The Balaban J connectivity index is 1.60. The summed E-state index contributed by atoms with van der Waals surface area (Å²) in [6.07, 6.45) is 3.75. The fraction of sp³-hybridized carbons (Fsp3) is 0.185. The summed E-state index contributed by atoms with van der Waals surface area (Å²) in [6, 6.07) is 14.3. The van der Waals surface area contributed by atoms with E-state index in [4.69, 9.17) is 0 Å². The standard InChI is InChI=1S/C27H24N8O3/c1-16-5-6-19(33-25(36)17-7-8-29-23(10-17)27(2,3)14-28)11-20(16)22-9-18(13-32-35-22)21-12-24(31-15-30-21)34-26(37)38-4/h5-13,15H,1-4H3,(H,33,36)(H,30,31,34,37). The normalized spacial score (nSPS) is 10.8. The molecule has 11 nitrogen and oxygen atoms in total. The summed E-state index contributed by atoms with van der Waals surface area (Å²) in [4.78, 5) is 37.0. The molecule has 3 aromatic heterocycles. The molecule has 3 heterocycles. The van der Waals surface area contributed by atoms with Gasteiger partial charge in [0.25, 0.3) is 5.91 Å². The van der Waals surface area contributed by atoms with Crippen LogP contribution in [0, 0.1) is 18.3 Å². The van der Waals surface area contributed by atoms with Gasteiger partial charge in [0.1, 0.15) is 12.1 Å². The molecule has 11 heteroatoms. The monoisotopic (exact) mass is 508 g/mol. The van der Waals surface area contributed by atoms with Gasteiger partial charge in [-0.05, 0) is 56.7 Å². The van der Waals surface area contributed by atoms with Crippen LogP contribution in [0.4, 0.5) is 16.3 Å². The molecule has 0 saturated carbocycles. The number of methoxy groups -OCH3 is 1. The molecule has 0 unspecified atom stereocenters. The van der Waals surface area contributed by atoms with Crippen LogP contribution in [0.3, 0.4) is 0 Å². The SMILES string of the molecule is COC(=O)Nc1cc(-c2cnnc(-c3cc(NC(=O)c4ccnc(C(C)(C)C#N)c4)ccc3C)c2)ncn1. The maximum absolute atomic E-state index is 13.0. The van der Waals surface area contributed by atoms with Crippen LogP contribution >= 0.6 is 0 Å². The van der Waals surface area contributed by atoms with E-state index in [1.165, 1.54) is 19.6 Å². The van der Waals surface area contributed by atoms with Crippen LogP contribution in [0.2, 0.25) is 0 Å². The second-order valence-corrected chi connectivity index (χ2v) is 8.88. The number of anilines is 2. The van der Waals surface area contributed by atoms with Crippen molar-refractivity contribution >= 4 is 23.5 Å². The Morgan fingerprint density at radius 3 is 2.58 bits per heavy atom. The molecule has 0 saturated heterocycles. The molecule has 1 aromatic carbocycles. The third-order valence-electron chi connectivity index (χ3n) is 5.75. The van der Waals surface area contributed by atoms with Crippen molar-refractivity contribution in [3.05, 3.63) is 78.0 Å². The average molecular weight is 509 g/mol. The highest BCUT2D eigenvalue weighted by Crippen LogP contribution is 2.28. The van der Waals surface area contributed by atoms with E-state index in [1.807, 2.05) is 25.1 Å². The molecular weight excluding hydrogens is 484 g/mol. The second-order valence-electron chi connectivity index (χ2n) is 8.88. The van der Waals surface area contributed by atoms with Gasteiger partial charge in [-0.25, -0.2) is 14.8 Å². The fourth-order valence-electron chi connectivity index (χ4n) is 3.53. The topological polar surface area (TPSA) is 156 Å². The molecule has 190 valence electrons. The molecule has 0 atom stereocenters. The lowest BCUT2D eigenvalue weighted by atomic mass is 9.90. The van der Waals surface area contributed by atoms with E-state index in [9.17, 15) is 14.9 Å². The van der Waals surface area contributed by atoms with E-state index in [0.29, 0.717) is 33.9 Å². The molecule has 38 heavy (non-hydrogen) atoms. The van der Waals surface area contributed by atoms with E-state index in [-0.39, 0.29) is 11.7 Å². The summed E-state index contributed by atoms with van der Waals surface area (Å²) in [5, 5.41) is 23.2. The summed E-state index contributed by atoms with van der Waals surface area (Å²) in [6.45, 7) is 5.42. The van der Waals surface area contributed by atoms with E-state index < -0.39 is 11.5 Å². The highest BCUT2D eigenvalue weighted by molar-refractivity contribution is 6.04. The predicted molar refractivity (Wildman–Crippen MR) is 140 cm³/mol. The number of nitrogens with zero attached hydrogens (tertiary/aromatic N) is 6. The molecule has 0 spiro atoms. The van der Waals surface area contributed by atoms with Crippen LogP contribution in [-0.2, 0) is 10.2 Å². The first-order chi connectivity index (χ1) is 18.2. The maximum atomic E-state index is 13.0. The number of aryl methyl sites for hydroxylation is 1. The van der Waals surface area contributed by atoms with Gasteiger partial charge in [0.05, 0.1) is 41.9 Å². The van der Waals surface area contributed by atoms with E-state index in [1.54, 1.807) is 44.3 Å². The van der Waals surface area contributed by atoms with Gasteiger partial charge >= 0.3 is 6.09 Å². The third kappa shape index (κ3) is 5.76. The van der Waals surface area contributed by atoms with Crippen LogP contribution < -0.4 is 10.6 Å². The van der Waals surface area contributed by atoms with Crippen molar-refractivity contribution in [3.63, 3.8) is 0 Å². The summed E-state index contributed by atoms with van der Waals surface area (Å²) in [5.41, 5.74) is 4.08. The number of hydrogen-bond acceptors (Lipinski definition) is 9. The summed E-state index contributed by atoms with van der Waals surface area (Å²) < 4.78 is 4.60. The molecule has 2 N–H and O–H groups in total. The third-order valence-corrected chi connectivity index (χ3v) is 5.75. The number of hydrogen-bond donors (Lipinski definition) is 2. The van der Waals surface area contributed by atoms with Crippen molar-refractivity contribution in [3.8, 4) is 28.6 Å². The number of nitriles is 1. The number of carbonyl (C=O) groups excluding carboxylic acids is 2. The highest BCUT2D eigenvalue weighted by atomic mass is 16.5. The molecular formula is C27H24N8O3. The Morgan fingerprint density at radius 1 is 1.00 bits per heavy atom. The minimum Gasteiger partial charge on any atom is -0.453 e. The van der Waals surface area contributed by atoms with Gasteiger partial charge in [0.15, 0.2) is 0 Å². The minimum atomic E-state index is -0.823. The zero-order valence-electron chi connectivity index (χ0n) is 21.2. The lowest BCUT2D eigenvalue weighted by Crippen LogP contribution is -2.18. The molecule has 0 fully saturated rings. The van der Waals surface area contributed by atoms with Crippen LogP contribution in [0.5, 0.6) is 0 Å². The molecule has 0 aliphatic heterocycles. The molecule has 0 bridgehead atoms. The van der Waals surface area contributed by atoms with E-state index >= 15 is 0 Å². The fourth-order valence-corrected chi connectivity index (χ4v) is 3.53. The summed E-state index contributed by atoms with van der Waals surface area (Å²) in [7, 11) is 1.26. The molecule has 4 rings (SSSR count). The van der Waals surface area contributed by atoms with Gasteiger partial charge < -0.3 is 10.1 Å². The van der Waals surface area contributed by atoms with Gasteiger partial charge in [0, 0.05) is 34.6 Å². The van der Waals surface area contributed by atoms with Gasteiger partial charge in [-0.1, -0.05) is 6.07 Å². The molecule has 0 aliphatic rings. The number of benzene rings is 1. The van der Waals surface area contributed by atoms with Gasteiger partial charge in [0.2, 0.25) is 0 Å². The van der Waals surface area contributed by atoms with Crippen molar-refractivity contribution < 1.29 is 14.3 Å². The Labute approximate surface area is 219 Å². The lowest BCUT2D eigenvalue weighted by Gasteiger charge is -2.15. The van der Waals surface area contributed by atoms with Crippen molar-refractivity contribution in [1.82, 2.24) is 25.1 Å². The van der Waals surface area contributed by atoms with E-state index in [0.717, 1.165) is 11.1 Å². The molecule has 2 amide bonds. The number of amides is 2. The number of carbonyl (C=O) groups is 2. The van der Waals surface area contributed by atoms with Crippen molar-refractivity contribution in [2.24, 2.45) is 0 Å². The Bertz CT molecular complexity index is 1560. The molecule has 4 aromatic rings. The van der Waals surface area contributed by atoms with Crippen molar-refractivity contribution in [1.29, 1.82) is 5.26 Å². The predicted octanol–water partition coefficient (Wildman–Crippen LogP) is 4.54. The van der Waals surface area contributed by atoms with Crippen LogP contribution in [0.25, 0.3) is 22.5 Å². The lowest BCUT2D eigenvalue weighted by molar-refractivity contribution is 0.102. The van der Waals surface area contributed by atoms with Gasteiger partial charge in [-0.15, -0.1) is 0 Å². The van der Waals surface area contributed by atoms with Crippen LogP contribution in [0.1, 0.15) is 35.5 Å². The largest absolute Gasteiger partial charge is 0.453 e. The van der Waals surface area contributed by atoms with Gasteiger partial charge in [-0.2, -0.15) is 15.5 Å². The first kappa shape index (κ1) is 25.8.